The number of fused-ring (bicyclic) bond motifs is 3. The molecule has 1 aliphatic heterocycles. The van der Waals surface area contributed by atoms with E-state index in [2.05, 4.69) is 53.2 Å². The molecule has 0 spiro atoms. The van der Waals surface area contributed by atoms with Crippen molar-refractivity contribution in [2.24, 2.45) is 5.73 Å². The molecule has 0 fully saturated rings. The number of hydrogen-bond acceptors (Lipinski definition) is 1. The van der Waals surface area contributed by atoms with E-state index in [-0.39, 0.29) is 5.96 Å². The van der Waals surface area contributed by atoms with Crippen molar-refractivity contribution in [3.05, 3.63) is 40.4 Å². The number of guanidine groups is 1. The summed E-state index contributed by atoms with van der Waals surface area (Å²) >= 11 is 3.59. The van der Waals surface area contributed by atoms with Gasteiger partial charge in [0.1, 0.15) is 0 Å². The van der Waals surface area contributed by atoms with Crippen molar-refractivity contribution in [1.29, 1.82) is 5.41 Å². The number of rotatable bonds is 0. The molecular weight excluding hydrogens is 290 g/mol. The molecule has 4 heteroatoms. The fourth-order valence-electron chi connectivity index (χ4n) is 2.78. The number of nitrogens with zero attached hydrogens (tertiary/aromatic N) is 1. The Hall–Kier alpha value is -1.55. The van der Waals surface area contributed by atoms with Crippen molar-refractivity contribution in [3.8, 4) is 0 Å². The number of halogens is 1. The highest BCUT2D eigenvalue weighted by atomic mass is 79.9. The molecule has 0 aromatic heterocycles. The van der Waals surface area contributed by atoms with E-state index in [4.69, 9.17) is 11.1 Å². The maximum Gasteiger partial charge on any atom is 0.192 e. The van der Waals surface area contributed by atoms with Crippen LogP contribution in [0.5, 0.6) is 0 Å². The van der Waals surface area contributed by atoms with E-state index in [0.717, 1.165) is 16.7 Å². The predicted molar refractivity (Wildman–Crippen MR) is 79.3 cm³/mol. The molecule has 0 saturated carbocycles. The molecule has 1 aliphatic rings. The van der Waals surface area contributed by atoms with Gasteiger partial charge in [0.2, 0.25) is 0 Å². The molecule has 2 aromatic carbocycles. The highest BCUT2D eigenvalue weighted by molar-refractivity contribution is 9.10. The molecule has 1 atom stereocenters. The van der Waals surface area contributed by atoms with E-state index in [1.165, 1.54) is 16.3 Å². The number of anilines is 1. The number of hydrogen-bond donors (Lipinski definition) is 2. The van der Waals surface area contributed by atoms with Crippen molar-refractivity contribution < 1.29 is 0 Å². The van der Waals surface area contributed by atoms with E-state index in [1.54, 1.807) is 0 Å². The molecule has 0 aliphatic carbocycles. The van der Waals surface area contributed by atoms with Gasteiger partial charge in [0, 0.05) is 22.6 Å². The second-order valence-corrected chi connectivity index (χ2v) is 5.58. The van der Waals surface area contributed by atoms with E-state index in [0.29, 0.717) is 5.92 Å². The summed E-state index contributed by atoms with van der Waals surface area (Å²) in [4.78, 5) is 1.88. The van der Waals surface area contributed by atoms with Gasteiger partial charge in [-0.05, 0) is 28.5 Å². The summed E-state index contributed by atoms with van der Waals surface area (Å²) in [6, 6.07) is 10.4. The summed E-state index contributed by atoms with van der Waals surface area (Å²) in [5.74, 6) is 0.511. The Kier molecular flexibility index (Phi) is 2.55. The number of nitrogens with two attached hydrogens (primary N) is 1. The highest BCUT2D eigenvalue weighted by Crippen LogP contribution is 2.42. The van der Waals surface area contributed by atoms with Gasteiger partial charge in [-0.2, -0.15) is 0 Å². The fourth-order valence-corrected chi connectivity index (χ4v) is 3.27. The van der Waals surface area contributed by atoms with E-state index < -0.39 is 0 Å². The Balaban J connectivity index is 2.33. The SMILES string of the molecule is CC1CN(C(=N)N)c2ccc3c(Br)cccc3c21. The lowest BCUT2D eigenvalue weighted by molar-refractivity contribution is 0.822. The van der Waals surface area contributed by atoms with Gasteiger partial charge < -0.3 is 10.6 Å². The first kappa shape index (κ1) is 11.5. The standard InChI is InChI=1S/C14H14BrN3/c1-8-7-18(14(16)17)12-6-5-9-10(13(8)12)3-2-4-11(9)15/h2-6,8H,7H2,1H3,(H3,16,17). The third kappa shape index (κ3) is 1.52. The van der Waals surface area contributed by atoms with Gasteiger partial charge in [-0.25, -0.2) is 0 Å². The monoisotopic (exact) mass is 303 g/mol. The van der Waals surface area contributed by atoms with Crippen molar-refractivity contribution in [2.75, 3.05) is 11.4 Å². The molecule has 0 radical (unpaired) electrons. The van der Waals surface area contributed by atoms with Gasteiger partial charge in [0.15, 0.2) is 5.96 Å². The van der Waals surface area contributed by atoms with Gasteiger partial charge in [-0.1, -0.05) is 41.1 Å². The highest BCUT2D eigenvalue weighted by Gasteiger charge is 2.28. The van der Waals surface area contributed by atoms with Crippen LogP contribution in [0.2, 0.25) is 0 Å². The molecular formula is C14H14BrN3. The Morgan fingerprint density at radius 3 is 2.83 bits per heavy atom. The average Bonchev–Trinajstić information content (AvgIpc) is 2.68. The van der Waals surface area contributed by atoms with Crippen LogP contribution >= 0.6 is 15.9 Å². The number of nitrogens with one attached hydrogen (secondary N) is 1. The molecule has 1 heterocycles. The van der Waals surface area contributed by atoms with Crippen LogP contribution in [-0.4, -0.2) is 12.5 Å². The smallest absolute Gasteiger partial charge is 0.192 e. The summed E-state index contributed by atoms with van der Waals surface area (Å²) in [6.45, 7) is 2.97. The van der Waals surface area contributed by atoms with Crippen LogP contribution in [0.25, 0.3) is 10.8 Å². The quantitative estimate of drug-likeness (QED) is 0.579. The third-order valence-electron chi connectivity index (χ3n) is 3.56. The molecule has 18 heavy (non-hydrogen) atoms. The second kappa shape index (κ2) is 3.99. The van der Waals surface area contributed by atoms with Crippen molar-refractivity contribution >= 4 is 38.3 Å². The van der Waals surface area contributed by atoms with Gasteiger partial charge in [0.25, 0.3) is 0 Å². The van der Waals surface area contributed by atoms with Gasteiger partial charge in [0.05, 0.1) is 0 Å². The number of benzene rings is 2. The molecule has 2 aromatic rings. The second-order valence-electron chi connectivity index (χ2n) is 4.73. The predicted octanol–water partition coefficient (Wildman–Crippen LogP) is 3.42. The molecule has 3 rings (SSSR count). The maximum atomic E-state index is 7.66. The first-order valence-electron chi connectivity index (χ1n) is 5.92. The fraction of sp³-hybridized carbons (Fsp3) is 0.214. The first-order chi connectivity index (χ1) is 8.59. The molecule has 3 N–H and O–H groups in total. The Labute approximate surface area is 114 Å². The first-order valence-corrected chi connectivity index (χ1v) is 6.71. The summed E-state index contributed by atoms with van der Waals surface area (Å²) in [5.41, 5.74) is 8.01. The summed E-state index contributed by atoms with van der Waals surface area (Å²) in [6.07, 6.45) is 0. The molecule has 0 bridgehead atoms. The third-order valence-corrected chi connectivity index (χ3v) is 4.25. The van der Waals surface area contributed by atoms with Crippen molar-refractivity contribution in [1.82, 2.24) is 0 Å². The summed E-state index contributed by atoms with van der Waals surface area (Å²) in [5, 5.41) is 10.1. The van der Waals surface area contributed by atoms with Crippen LogP contribution < -0.4 is 10.6 Å². The average molecular weight is 304 g/mol. The zero-order valence-corrected chi connectivity index (χ0v) is 11.7. The minimum Gasteiger partial charge on any atom is -0.370 e. The molecule has 92 valence electrons. The van der Waals surface area contributed by atoms with Gasteiger partial charge in [-0.3, -0.25) is 5.41 Å². The topological polar surface area (TPSA) is 53.1 Å². The molecule has 0 amide bonds. The van der Waals surface area contributed by atoms with Gasteiger partial charge >= 0.3 is 0 Å². The van der Waals surface area contributed by atoms with Crippen LogP contribution in [0.4, 0.5) is 5.69 Å². The lowest BCUT2D eigenvalue weighted by atomic mass is 9.96. The molecule has 3 nitrogen and oxygen atoms in total. The Morgan fingerprint density at radius 1 is 1.33 bits per heavy atom. The zero-order chi connectivity index (χ0) is 12.9. The Bertz CT molecular complexity index is 651. The lowest BCUT2D eigenvalue weighted by Crippen LogP contribution is -2.35. The van der Waals surface area contributed by atoms with Crippen LogP contribution in [-0.2, 0) is 0 Å². The van der Waals surface area contributed by atoms with Crippen molar-refractivity contribution in [3.63, 3.8) is 0 Å². The Morgan fingerprint density at radius 2 is 2.11 bits per heavy atom. The molecule has 0 saturated heterocycles. The van der Waals surface area contributed by atoms with Gasteiger partial charge in [-0.15, -0.1) is 0 Å². The van der Waals surface area contributed by atoms with Crippen LogP contribution in [0, 0.1) is 5.41 Å². The minimum absolute atomic E-state index is 0.120. The van der Waals surface area contributed by atoms with Crippen molar-refractivity contribution in [2.45, 2.75) is 12.8 Å². The molecule has 1 unspecified atom stereocenters. The zero-order valence-electron chi connectivity index (χ0n) is 10.1. The van der Waals surface area contributed by atoms with E-state index in [1.807, 2.05) is 4.90 Å². The van der Waals surface area contributed by atoms with Crippen LogP contribution in [0.15, 0.2) is 34.8 Å². The van der Waals surface area contributed by atoms with Crippen LogP contribution in [0.1, 0.15) is 18.4 Å². The van der Waals surface area contributed by atoms with E-state index in [9.17, 15) is 0 Å². The normalized spacial score (nSPS) is 18.1. The van der Waals surface area contributed by atoms with Crippen LogP contribution in [0.3, 0.4) is 0 Å². The summed E-state index contributed by atoms with van der Waals surface area (Å²) in [7, 11) is 0. The lowest BCUT2D eigenvalue weighted by Gasteiger charge is -2.17. The largest absolute Gasteiger partial charge is 0.370 e. The van der Waals surface area contributed by atoms with E-state index >= 15 is 0 Å². The summed E-state index contributed by atoms with van der Waals surface area (Å²) < 4.78 is 1.11. The maximum absolute atomic E-state index is 7.66. The minimum atomic E-state index is 0.120.